The summed E-state index contributed by atoms with van der Waals surface area (Å²) in [6, 6.07) is 11.7. The van der Waals surface area contributed by atoms with E-state index in [4.69, 9.17) is 10.5 Å². The molecule has 0 aliphatic heterocycles. The molecule has 0 spiro atoms. The smallest absolute Gasteiger partial charge is 0.195 e. The second-order valence-corrected chi connectivity index (χ2v) is 9.52. The number of unbranched alkanes of at least 4 members (excludes halogenated alkanes) is 1. The van der Waals surface area contributed by atoms with E-state index in [0.29, 0.717) is 5.92 Å². The summed E-state index contributed by atoms with van der Waals surface area (Å²) in [5.74, 6) is 2.55. The van der Waals surface area contributed by atoms with Crippen LogP contribution >= 0.6 is 0 Å². The number of aryl methyl sites for hydroxylation is 1. The van der Waals surface area contributed by atoms with Gasteiger partial charge in [0.25, 0.3) is 0 Å². The average Bonchev–Trinajstić information content (AvgIpc) is 2.83. The molecular weight excluding hydrogens is 383 g/mol. The van der Waals surface area contributed by atoms with E-state index in [2.05, 4.69) is 24.3 Å². The van der Waals surface area contributed by atoms with Gasteiger partial charge in [-0.15, -0.1) is 0 Å². The largest absolute Gasteiger partial charge is 0.199 e. The van der Waals surface area contributed by atoms with E-state index in [1.807, 2.05) is 12.1 Å². The maximum Gasteiger partial charge on any atom is 0.199 e. The summed E-state index contributed by atoms with van der Waals surface area (Å²) in [5.41, 5.74) is 2.09. The molecule has 0 heterocycles. The monoisotopic (exact) mass is 418 g/mol. The maximum atomic E-state index is 12.9. The summed E-state index contributed by atoms with van der Waals surface area (Å²) in [4.78, 5) is 0. The highest BCUT2D eigenvalue weighted by Crippen LogP contribution is 2.42. The molecule has 1 aromatic rings. The van der Waals surface area contributed by atoms with Gasteiger partial charge in [-0.1, -0.05) is 50.0 Å². The molecule has 3 rings (SSSR count). The number of nitriles is 2. The fourth-order valence-electron chi connectivity index (χ4n) is 5.60. The Bertz CT molecular complexity index is 808. The molecule has 0 saturated heterocycles. The Kier molecular flexibility index (Phi) is 9.36. The molecule has 0 bridgehead atoms. The van der Waals surface area contributed by atoms with Crippen LogP contribution in [0.2, 0.25) is 0 Å². The zero-order valence-corrected chi connectivity index (χ0v) is 18.6. The first kappa shape index (κ1) is 23.3. The lowest BCUT2D eigenvalue weighted by Gasteiger charge is -2.37. The molecule has 0 N–H and O–H groups in total. The van der Waals surface area contributed by atoms with E-state index in [9.17, 15) is 4.39 Å². The van der Waals surface area contributed by atoms with Gasteiger partial charge in [-0.25, -0.2) is 0 Å². The number of rotatable bonds is 8. The van der Waals surface area contributed by atoms with Gasteiger partial charge >= 0.3 is 0 Å². The maximum absolute atomic E-state index is 12.9. The van der Waals surface area contributed by atoms with Crippen LogP contribution in [0.25, 0.3) is 0 Å². The van der Waals surface area contributed by atoms with Crippen LogP contribution in [0.5, 0.6) is 0 Å². The van der Waals surface area contributed by atoms with Crippen LogP contribution < -0.4 is 0 Å². The van der Waals surface area contributed by atoms with Crippen molar-refractivity contribution in [1.29, 1.82) is 10.5 Å². The van der Waals surface area contributed by atoms with Crippen molar-refractivity contribution in [3.63, 3.8) is 0 Å². The van der Waals surface area contributed by atoms with E-state index in [-0.39, 0.29) is 0 Å². The number of hydrogen-bond acceptors (Lipinski definition) is 2. The van der Waals surface area contributed by atoms with Crippen molar-refractivity contribution < 1.29 is 4.39 Å². The Balaban J connectivity index is 1.28. The molecule has 0 radical (unpaired) electrons. The van der Waals surface area contributed by atoms with Gasteiger partial charge in [0, 0.05) is 0 Å². The molecule has 2 saturated carbocycles. The average molecular weight is 419 g/mol. The minimum absolute atomic E-state index is 0.548. The Morgan fingerprint density at radius 3 is 2.16 bits per heavy atom. The van der Waals surface area contributed by atoms with Gasteiger partial charge in [-0.05, 0) is 98.8 Å². The number of hydrogen-bond donors (Lipinski definition) is 0. The van der Waals surface area contributed by atoms with Crippen molar-refractivity contribution in [2.24, 2.45) is 23.7 Å². The van der Waals surface area contributed by atoms with Crippen molar-refractivity contribution in [3.05, 3.63) is 59.4 Å². The van der Waals surface area contributed by atoms with Gasteiger partial charge < -0.3 is 0 Å². The van der Waals surface area contributed by atoms with E-state index < -0.39 is 5.83 Å². The molecule has 0 atom stereocenters. The highest BCUT2D eigenvalue weighted by Gasteiger charge is 2.30. The van der Waals surface area contributed by atoms with Crippen LogP contribution in [0, 0.1) is 46.3 Å². The van der Waals surface area contributed by atoms with Gasteiger partial charge in [0.05, 0.1) is 11.6 Å². The Morgan fingerprint density at radius 2 is 1.55 bits per heavy atom. The topological polar surface area (TPSA) is 47.6 Å². The number of allylic oxidation sites excluding steroid dienone is 4. The molecule has 1 aromatic carbocycles. The summed E-state index contributed by atoms with van der Waals surface area (Å²) in [6.45, 7) is 0. The molecule has 2 fully saturated rings. The van der Waals surface area contributed by atoms with Crippen LogP contribution in [-0.4, -0.2) is 0 Å². The fraction of sp³-hybridized carbons (Fsp3) is 0.571. The Hall–Kier alpha value is -2.39. The lowest BCUT2D eigenvalue weighted by atomic mass is 9.68. The summed E-state index contributed by atoms with van der Waals surface area (Å²) >= 11 is 0. The number of halogens is 1. The summed E-state index contributed by atoms with van der Waals surface area (Å²) in [7, 11) is 0. The zero-order valence-electron chi connectivity index (χ0n) is 18.6. The first-order valence-electron chi connectivity index (χ1n) is 12.1. The summed E-state index contributed by atoms with van der Waals surface area (Å²) in [6.07, 6.45) is 20.8. The van der Waals surface area contributed by atoms with Crippen LogP contribution in [0.3, 0.4) is 0 Å². The normalized spacial score (nSPS) is 27.0. The quantitative estimate of drug-likeness (QED) is 0.245. The van der Waals surface area contributed by atoms with Crippen LogP contribution in [0.15, 0.2) is 48.3 Å². The molecule has 2 aliphatic rings. The van der Waals surface area contributed by atoms with Gasteiger partial charge in [0.2, 0.25) is 0 Å². The van der Waals surface area contributed by atoms with E-state index in [1.54, 1.807) is 6.08 Å². The van der Waals surface area contributed by atoms with Crippen LogP contribution in [-0.2, 0) is 6.42 Å². The number of nitrogens with zero attached hydrogens (tertiary/aromatic N) is 2. The Morgan fingerprint density at radius 1 is 0.903 bits per heavy atom. The van der Waals surface area contributed by atoms with Crippen molar-refractivity contribution in [2.75, 3.05) is 0 Å². The van der Waals surface area contributed by atoms with Gasteiger partial charge in [0.1, 0.15) is 6.07 Å². The molecule has 2 nitrogen and oxygen atoms in total. The fourth-order valence-corrected chi connectivity index (χ4v) is 5.60. The molecule has 164 valence electrons. The van der Waals surface area contributed by atoms with Crippen LogP contribution in [0.4, 0.5) is 4.39 Å². The second kappa shape index (κ2) is 12.5. The highest BCUT2D eigenvalue weighted by atomic mass is 19.1. The van der Waals surface area contributed by atoms with Crippen LogP contribution in [0.1, 0.15) is 81.8 Å². The zero-order chi connectivity index (χ0) is 21.9. The molecular formula is C28H35FN2. The summed E-state index contributed by atoms with van der Waals surface area (Å²) < 4.78 is 12.9. The summed E-state index contributed by atoms with van der Waals surface area (Å²) in [5, 5.41) is 17.3. The predicted molar refractivity (Wildman–Crippen MR) is 124 cm³/mol. The molecule has 0 aromatic heterocycles. The van der Waals surface area contributed by atoms with E-state index >= 15 is 0 Å². The molecule has 0 amide bonds. The van der Waals surface area contributed by atoms with Gasteiger partial charge in [0.15, 0.2) is 5.83 Å². The molecule has 0 unspecified atom stereocenters. The lowest BCUT2D eigenvalue weighted by molar-refractivity contribution is 0.151. The third kappa shape index (κ3) is 7.66. The van der Waals surface area contributed by atoms with E-state index in [0.717, 1.165) is 29.7 Å². The highest BCUT2D eigenvalue weighted by molar-refractivity contribution is 5.31. The molecule has 2 aliphatic carbocycles. The molecule has 3 heteroatoms. The second-order valence-electron chi connectivity index (χ2n) is 9.52. The van der Waals surface area contributed by atoms with Crippen molar-refractivity contribution in [2.45, 2.75) is 77.0 Å². The van der Waals surface area contributed by atoms with E-state index in [1.165, 1.54) is 88.3 Å². The SMILES string of the molecule is N#CC(F)=CC=CC1CCC(C2CCC(CCCCc3ccc(C#N)cc3)CC2)CC1. The first-order chi connectivity index (χ1) is 15.2. The minimum atomic E-state index is -0.712. The minimum Gasteiger partial charge on any atom is -0.195 e. The molecule has 31 heavy (non-hydrogen) atoms. The van der Waals surface area contributed by atoms with Crippen molar-refractivity contribution >= 4 is 0 Å². The predicted octanol–water partition coefficient (Wildman–Crippen LogP) is 7.82. The third-order valence-corrected chi connectivity index (χ3v) is 7.52. The first-order valence-corrected chi connectivity index (χ1v) is 12.1. The van der Waals surface area contributed by atoms with Gasteiger partial charge in [-0.2, -0.15) is 14.9 Å². The van der Waals surface area contributed by atoms with Crippen molar-refractivity contribution in [1.82, 2.24) is 0 Å². The third-order valence-electron chi connectivity index (χ3n) is 7.52. The number of benzene rings is 1. The van der Waals surface area contributed by atoms with Gasteiger partial charge in [-0.3, -0.25) is 0 Å². The van der Waals surface area contributed by atoms with Crippen molar-refractivity contribution in [3.8, 4) is 12.1 Å². The standard InChI is InChI=1S/C28H35FN2/c29-28(21-31)7-3-6-24-14-18-27(19-15-24)26-16-12-23(13-17-26)5-2-1-4-22-8-10-25(20-30)11-9-22/h3,6-11,23-24,26-27H,1-2,4-5,12-19H2. The Labute approximate surface area is 187 Å². The lowest BCUT2D eigenvalue weighted by Crippen LogP contribution is -2.25.